The average molecular weight is 430 g/mol. The summed E-state index contributed by atoms with van der Waals surface area (Å²) >= 11 is 6.79. The first-order valence-corrected chi connectivity index (χ1v) is 10.7. The maximum atomic E-state index is 12.9. The Kier molecular flexibility index (Phi) is 5.80. The number of nitro groups is 1. The van der Waals surface area contributed by atoms with Gasteiger partial charge in [-0.05, 0) is 31.0 Å². The van der Waals surface area contributed by atoms with Crippen LogP contribution in [0.1, 0.15) is 19.3 Å². The number of hydrogen-bond donors (Lipinski definition) is 1. The van der Waals surface area contributed by atoms with E-state index in [0.717, 1.165) is 11.3 Å². The van der Waals surface area contributed by atoms with Gasteiger partial charge in [0.05, 0.1) is 9.26 Å². The summed E-state index contributed by atoms with van der Waals surface area (Å²) < 4.78 is 27.5. The van der Waals surface area contributed by atoms with E-state index >= 15 is 0 Å². The second-order valence-corrected chi connectivity index (χ2v) is 9.82. The van der Waals surface area contributed by atoms with Gasteiger partial charge < -0.3 is 5.32 Å². The summed E-state index contributed by atoms with van der Waals surface area (Å²) in [5.41, 5.74) is 0.0884. The van der Waals surface area contributed by atoms with Crippen molar-refractivity contribution in [1.29, 1.82) is 0 Å². The highest BCUT2D eigenvalue weighted by Gasteiger charge is 2.38. The Balaban J connectivity index is 1.84. The molecule has 2 heterocycles. The third-order valence-electron chi connectivity index (χ3n) is 4.19. The molecule has 1 aromatic carbocycles. The van der Waals surface area contributed by atoms with Crippen molar-refractivity contribution in [2.24, 2.45) is 0 Å². The predicted octanol–water partition coefficient (Wildman–Crippen LogP) is 3.49. The molecule has 11 heteroatoms. The highest BCUT2D eigenvalue weighted by molar-refractivity contribution is 7.91. The number of hydrogen-bond acceptors (Lipinski definition) is 6. The van der Waals surface area contributed by atoms with E-state index in [1.807, 2.05) is 0 Å². The summed E-state index contributed by atoms with van der Waals surface area (Å²) in [6.45, 7) is 0.227. The summed E-state index contributed by atoms with van der Waals surface area (Å²) in [6, 6.07) is 7.56. The Morgan fingerprint density at radius 2 is 2.07 bits per heavy atom. The normalized spacial score (nSPS) is 18.2. The fraction of sp³-hybridized carbons (Fsp3) is 0.312. The van der Waals surface area contributed by atoms with E-state index in [-0.39, 0.29) is 22.1 Å². The Hall–Kier alpha value is -2.01. The number of rotatable bonds is 5. The topological polar surface area (TPSA) is 110 Å². The second-order valence-electron chi connectivity index (χ2n) is 5.98. The zero-order valence-corrected chi connectivity index (χ0v) is 16.4. The minimum Gasteiger partial charge on any atom is -0.324 e. The van der Waals surface area contributed by atoms with Crippen LogP contribution in [0, 0.1) is 10.1 Å². The van der Waals surface area contributed by atoms with Crippen LogP contribution in [-0.4, -0.2) is 36.1 Å². The Bertz CT molecular complexity index is 976. The van der Waals surface area contributed by atoms with Crippen molar-refractivity contribution in [3.8, 4) is 0 Å². The van der Waals surface area contributed by atoms with Gasteiger partial charge in [-0.1, -0.05) is 24.1 Å². The number of amides is 1. The van der Waals surface area contributed by atoms with Gasteiger partial charge in [0.1, 0.15) is 10.3 Å². The van der Waals surface area contributed by atoms with Crippen molar-refractivity contribution in [1.82, 2.24) is 4.31 Å². The second kappa shape index (κ2) is 7.93. The van der Waals surface area contributed by atoms with E-state index in [1.54, 1.807) is 0 Å². The molecule has 3 rings (SSSR count). The van der Waals surface area contributed by atoms with Crippen LogP contribution in [-0.2, 0) is 14.8 Å². The fourth-order valence-corrected chi connectivity index (χ4v) is 6.20. The van der Waals surface area contributed by atoms with Crippen LogP contribution in [0.4, 0.5) is 11.4 Å². The zero-order chi connectivity index (χ0) is 19.6. The molecule has 0 saturated carbocycles. The van der Waals surface area contributed by atoms with Crippen molar-refractivity contribution in [2.45, 2.75) is 29.5 Å². The Morgan fingerprint density at radius 3 is 2.74 bits per heavy atom. The molecule has 0 bridgehead atoms. The first kappa shape index (κ1) is 19.7. The number of benzene rings is 1. The van der Waals surface area contributed by atoms with E-state index < -0.39 is 26.9 Å². The van der Waals surface area contributed by atoms with Gasteiger partial charge >= 0.3 is 0 Å². The molecule has 1 saturated heterocycles. The Labute approximate surface area is 165 Å². The van der Waals surface area contributed by atoms with Crippen LogP contribution in [0.2, 0.25) is 4.34 Å². The molecule has 1 aromatic heterocycles. The summed E-state index contributed by atoms with van der Waals surface area (Å²) in [5.74, 6) is -0.513. The molecule has 1 amide bonds. The van der Waals surface area contributed by atoms with E-state index in [2.05, 4.69) is 5.32 Å². The van der Waals surface area contributed by atoms with Gasteiger partial charge in [0.25, 0.3) is 15.7 Å². The highest BCUT2D eigenvalue weighted by atomic mass is 35.5. The number of carbonyl (C=O) groups excluding carboxylic acids is 1. The number of anilines is 1. The first-order valence-electron chi connectivity index (χ1n) is 8.11. The van der Waals surface area contributed by atoms with Crippen LogP contribution in [0.5, 0.6) is 0 Å². The summed E-state index contributed by atoms with van der Waals surface area (Å²) in [5, 5.41) is 13.5. The molecule has 0 radical (unpaired) electrons. The van der Waals surface area contributed by atoms with Gasteiger partial charge in [-0.25, -0.2) is 8.42 Å². The minimum atomic E-state index is -3.85. The molecular weight excluding hydrogens is 414 g/mol. The largest absolute Gasteiger partial charge is 0.324 e. The lowest BCUT2D eigenvalue weighted by atomic mass is 10.0. The van der Waals surface area contributed by atoms with Crippen molar-refractivity contribution in [3.63, 3.8) is 0 Å². The molecule has 1 aliphatic rings. The van der Waals surface area contributed by atoms with Crippen molar-refractivity contribution in [2.75, 3.05) is 11.9 Å². The first-order chi connectivity index (χ1) is 12.8. The van der Waals surface area contributed by atoms with Crippen LogP contribution in [0.3, 0.4) is 0 Å². The third kappa shape index (κ3) is 4.29. The number of nitrogens with zero attached hydrogens (tertiary/aromatic N) is 2. The van der Waals surface area contributed by atoms with Crippen LogP contribution in [0.15, 0.2) is 40.6 Å². The molecule has 2 aromatic rings. The van der Waals surface area contributed by atoms with Gasteiger partial charge in [0.2, 0.25) is 5.91 Å². The van der Waals surface area contributed by atoms with Crippen LogP contribution < -0.4 is 5.32 Å². The van der Waals surface area contributed by atoms with Gasteiger partial charge in [0.15, 0.2) is 0 Å². The van der Waals surface area contributed by atoms with Gasteiger partial charge in [-0.2, -0.15) is 4.31 Å². The number of thiophene rings is 1. The fourth-order valence-electron chi connectivity index (χ4n) is 2.93. The Morgan fingerprint density at radius 1 is 1.30 bits per heavy atom. The molecule has 27 heavy (non-hydrogen) atoms. The number of carbonyl (C=O) groups is 1. The van der Waals surface area contributed by atoms with Gasteiger partial charge in [-0.3, -0.25) is 14.9 Å². The number of nitro benzene ring substituents is 1. The quantitative estimate of drug-likeness (QED) is 0.577. The van der Waals surface area contributed by atoms with Crippen molar-refractivity contribution < 1.29 is 18.1 Å². The predicted molar refractivity (Wildman–Crippen MR) is 103 cm³/mol. The molecule has 0 spiro atoms. The molecule has 1 unspecified atom stereocenters. The highest BCUT2D eigenvalue weighted by Crippen LogP contribution is 2.32. The van der Waals surface area contributed by atoms with E-state index in [4.69, 9.17) is 11.6 Å². The minimum absolute atomic E-state index is 0.0857. The number of nitrogens with one attached hydrogen (secondary N) is 1. The summed E-state index contributed by atoms with van der Waals surface area (Å²) in [6.07, 6.45) is 1.74. The molecule has 144 valence electrons. The molecule has 0 aliphatic carbocycles. The third-order valence-corrected chi connectivity index (χ3v) is 7.80. The molecule has 1 atom stereocenters. The maximum Gasteiger partial charge on any atom is 0.271 e. The molecule has 8 nitrogen and oxygen atoms in total. The number of halogens is 1. The van der Waals surface area contributed by atoms with Crippen LogP contribution >= 0.6 is 22.9 Å². The average Bonchev–Trinajstić information content (AvgIpc) is 3.09. The number of sulfonamides is 1. The lowest BCUT2D eigenvalue weighted by Gasteiger charge is -2.33. The molecule has 1 fully saturated rings. The summed E-state index contributed by atoms with van der Waals surface area (Å²) in [7, 11) is -3.85. The lowest BCUT2D eigenvalue weighted by molar-refractivity contribution is -0.384. The standard InChI is InChI=1S/C16H16ClN3O5S2/c17-14-7-8-15(26-14)27(24,25)19-9-2-1-6-13(19)16(21)18-11-4-3-5-12(10-11)20(22)23/h3-5,7-8,10,13H,1-2,6,9H2,(H,18,21). The maximum absolute atomic E-state index is 12.9. The SMILES string of the molecule is O=C(Nc1cccc([N+](=O)[O-])c1)C1CCCCN1S(=O)(=O)c1ccc(Cl)s1. The molecule has 1 N–H and O–H groups in total. The van der Waals surface area contributed by atoms with Crippen LogP contribution in [0.25, 0.3) is 0 Å². The van der Waals surface area contributed by atoms with E-state index in [0.29, 0.717) is 23.6 Å². The lowest BCUT2D eigenvalue weighted by Crippen LogP contribution is -2.49. The summed E-state index contributed by atoms with van der Waals surface area (Å²) in [4.78, 5) is 23.0. The zero-order valence-electron chi connectivity index (χ0n) is 14.0. The van der Waals surface area contributed by atoms with Gasteiger partial charge in [0, 0.05) is 24.4 Å². The van der Waals surface area contributed by atoms with E-state index in [1.165, 1.54) is 40.7 Å². The number of non-ortho nitro benzene ring substituents is 1. The van der Waals surface area contributed by atoms with E-state index in [9.17, 15) is 23.3 Å². The monoisotopic (exact) mass is 429 g/mol. The molecular formula is C16H16ClN3O5S2. The molecule has 1 aliphatic heterocycles. The smallest absolute Gasteiger partial charge is 0.271 e. The van der Waals surface area contributed by atoms with Crippen molar-refractivity contribution >= 4 is 50.2 Å². The van der Waals surface area contributed by atoms with Gasteiger partial charge in [-0.15, -0.1) is 11.3 Å². The number of piperidine rings is 1. The van der Waals surface area contributed by atoms with Crippen molar-refractivity contribution in [3.05, 3.63) is 50.8 Å².